The molecule has 0 aromatic carbocycles. The number of hydrogen-bond acceptors (Lipinski definition) is 1. The molecule has 0 aliphatic heterocycles. The number of ketones is 1. The Balaban J connectivity index is 2.05. The molecule has 0 radical (unpaired) electrons. The number of hydrogen-bond donors (Lipinski definition) is 0. The fourth-order valence-corrected chi connectivity index (χ4v) is 2.60. The Morgan fingerprint density at radius 1 is 1.00 bits per heavy atom. The van der Waals surface area contributed by atoms with Gasteiger partial charge in [0, 0.05) is 6.42 Å². The van der Waals surface area contributed by atoms with Gasteiger partial charge < -0.3 is 0 Å². The molecule has 0 heterocycles. The summed E-state index contributed by atoms with van der Waals surface area (Å²) in [6.07, 6.45) is 11.7. The summed E-state index contributed by atoms with van der Waals surface area (Å²) in [5, 5.41) is 0. The molecule has 0 N–H and O–H groups in total. The van der Waals surface area contributed by atoms with Gasteiger partial charge in [-0.05, 0) is 44.1 Å². The van der Waals surface area contributed by atoms with Crippen LogP contribution in [0.1, 0.15) is 51.4 Å². The molecule has 0 aromatic heterocycles. The lowest BCUT2D eigenvalue weighted by Gasteiger charge is -2.12. The minimum Gasteiger partial charge on any atom is -0.295 e. The number of rotatable bonds is 1. The van der Waals surface area contributed by atoms with Crippen LogP contribution in [0.2, 0.25) is 0 Å². The van der Waals surface area contributed by atoms with Crippen molar-refractivity contribution in [1.82, 2.24) is 0 Å². The van der Waals surface area contributed by atoms with Crippen LogP contribution in [0.15, 0.2) is 11.6 Å². The zero-order chi connectivity index (χ0) is 9.10. The Morgan fingerprint density at radius 3 is 2.46 bits per heavy atom. The van der Waals surface area contributed by atoms with Crippen LogP contribution in [0.25, 0.3) is 0 Å². The van der Waals surface area contributed by atoms with Gasteiger partial charge >= 0.3 is 0 Å². The van der Waals surface area contributed by atoms with Crippen molar-refractivity contribution in [1.29, 1.82) is 0 Å². The van der Waals surface area contributed by atoms with Crippen molar-refractivity contribution in [3.63, 3.8) is 0 Å². The van der Waals surface area contributed by atoms with Crippen molar-refractivity contribution in [2.75, 3.05) is 0 Å². The number of allylic oxidation sites excluding steroid dienone is 2. The number of carbonyl (C=O) groups is 1. The van der Waals surface area contributed by atoms with Gasteiger partial charge in [0.15, 0.2) is 5.78 Å². The Labute approximate surface area is 80.2 Å². The maximum Gasteiger partial charge on any atom is 0.155 e. The molecular weight excluding hydrogens is 160 g/mol. The van der Waals surface area contributed by atoms with Crippen LogP contribution in [0, 0.1) is 5.92 Å². The van der Waals surface area contributed by atoms with E-state index in [-0.39, 0.29) is 0 Å². The molecule has 0 unspecified atom stereocenters. The first-order valence-corrected chi connectivity index (χ1v) is 5.59. The van der Waals surface area contributed by atoms with Gasteiger partial charge in [0.25, 0.3) is 0 Å². The third-order valence-electron chi connectivity index (χ3n) is 3.36. The van der Waals surface area contributed by atoms with Crippen molar-refractivity contribution in [2.45, 2.75) is 51.4 Å². The highest BCUT2D eigenvalue weighted by atomic mass is 16.1. The summed E-state index contributed by atoms with van der Waals surface area (Å²) in [7, 11) is 0. The van der Waals surface area contributed by atoms with Gasteiger partial charge in [-0.2, -0.15) is 0 Å². The minimum atomic E-state index is 0.374. The van der Waals surface area contributed by atoms with Crippen LogP contribution < -0.4 is 0 Å². The SMILES string of the molecule is O=C1C=C(C2CCCC2)CCCC1. The first-order valence-electron chi connectivity index (χ1n) is 5.59. The first-order chi connectivity index (χ1) is 6.36. The summed E-state index contributed by atoms with van der Waals surface area (Å²) in [6.45, 7) is 0. The molecule has 0 amide bonds. The zero-order valence-corrected chi connectivity index (χ0v) is 8.22. The van der Waals surface area contributed by atoms with E-state index in [9.17, 15) is 4.79 Å². The average molecular weight is 178 g/mol. The lowest BCUT2D eigenvalue weighted by molar-refractivity contribution is -0.114. The molecule has 72 valence electrons. The Bertz CT molecular complexity index is 221. The van der Waals surface area contributed by atoms with E-state index in [1.54, 1.807) is 0 Å². The van der Waals surface area contributed by atoms with Crippen molar-refractivity contribution < 1.29 is 4.79 Å². The summed E-state index contributed by atoms with van der Waals surface area (Å²) >= 11 is 0. The van der Waals surface area contributed by atoms with Gasteiger partial charge in [0.1, 0.15) is 0 Å². The molecule has 13 heavy (non-hydrogen) atoms. The largest absolute Gasteiger partial charge is 0.295 e. The highest BCUT2D eigenvalue weighted by molar-refractivity contribution is 5.90. The van der Waals surface area contributed by atoms with Crippen molar-refractivity contribution in [3.05, 3.63) is 11.6 Å². The Kier molecular flexibility index (Phi) is 2.82. The van der Waals surface area contributed by atoms with Gasteiger partial charge in [-0.1, -0.05) is 18.4 Å². The fourth-order valence-electron chi connectivity index (χ4n) is 2.60. The summed E-state index contributed by atoms with van der Waals surface area (Å²) in [6, 6.07) is 0. The molecule has 0 atom stereocenters. The van der Waals surface area contributed by atoms with Crippen LogP contribution >= 0.6 is 0 Å². The molecule has 2 aliphatic carbocycles. The molecule has 2 aliphatic rings. The second-order valence-corrected chi connectivity index (χ2v) is 4.37. The van der Waals surface area contributed by atoms with E-state index in [1.165, 1.54) is 44.1 Å². The van der Waals surface area contributed by atoms with E-state index in [0.717, 1.165) is 18.8 Å². The quantitative estimate of drug-likeness (QED) is 0.602. The second kappa shape index (κ2) is 4.08. The first kappa shape index (κ1) is 8.98. The second-order valence-electron chi connectivity index (χ2n) is 4.37. The third kappa shape index (κ3) is 2.20. The highest BCUT2D eigenvalue weighted by Crippen LogP contribution is 2.34. The third-order valence-corrected chi connectivity index (χ3v) is 3.36. The summed E-state index contributed by atoms with van der Waals surface area (Å²) in [4.78, 5) is 11.4. The maximum absolute atomic E-state index is 11.4. The summed E-state index contributed by atoms with van der Waals surface area (Å²) < 4.78 is 0. The van der Waals surface area contributed by atoms with E-state index >= 15 is 0 Å². The molecule has 1 fully saturated rings. The predicted octanol–water partition coefficient (Wildman–Crippen LogP) is 3.25. The molecule has 1 heteroatoms. The predicted molar refractivity (Wildman–Crippen MR) is 53.5 cm³/mol. The van der Waals surface area contributed by atoms with Gasteiger partial charge in [-0.15, -0.1) is 0 Å². The molecule has 0 spiro atoms. The smallest absolute Gasteiger partial charge is 0.155 e. The van der Waals surface area contributed by atoms with Crippen LogP contribution in [0.3, 0.4) is 0 Å². The van der Waals surface area contributed by atoms with E-state index < -0.39 is 0 Å². The lowest BCUT2D eigenvalue weighted by Crippen LogP contribution is -2.00. The molecule has 0 saturated heterocycles. The lowest BCUT2D eigenvalue weighted by atomic mass is 9.94. The maximum atomic E-state index is 11.4. The molecule has 1 saturated carbocycles. The molecular formula is C12H18O. The molecule has 0 aromatic rings. The summed E-state index contributed by atoms with van der Waals surface area (Å²) in [5.41, 5.74) is 1.47. The van der Waals surface area contributed by atoms with Crippen LogP contribution in [-0.2, 0) is 4.79 Å². The minimum absolute atomic E-state index is 0.374. The van der Waals surface area contributed by atoms with E-state index in [0.29, 0.717) is 5.78 Å². The standard InChI is InChI=1S/C12H18O/c13-12-8-4-3-7-11(9-12)10-5-1-2-6-10/h9-10H,1-8H2. The highest BCUT2D eigenvalue weighted by Gasteiger charge is 2.21. The summed E-state index contributed by atoms with van der Waals surface area (Å²) in [5.74, 6) is 1.14. The van der Waals surface area contributed by atoms with Crippen LogP contribution in [0.5, 0.6) is 0 Å². The number of carbonyl (C=O) groups excluding carboxylic acids is 1. The van der Waals surface area contributed by atoms with E-state index in [1.807, 2.05) is 6.08 Å². The van der Waals surface area contributed by atoms with Gasteiger partial charge in [-0.3, -0.25) is 4.79 Å². The zero-order valence-electron chi connectivity index (χ0n) is 8.22. The van der Waals surface area contributed by atoms with Gasteiger partial charge in [0.2, 0.25) is 0 Å². The molecule has 2 rings (SSSR count). The van der Waals surface area contributed by atoms with Gasteiger partial charge in [0.05, 0.1) is 0 Å². The molecule has 0 bridgehead atoms. The van der Waals surface area contributed by atoms with Crippen molar-refractivity contribution >= 4 is 5.78 Å². The van der Waals surface area contributed by atoms with Crippen molar-refractivity contribution in [2.24, 2.45) is 5.92 Å². The van der Waals surface area contributed by atoms with Crippen molar-refractivity contribution in [3.8, 4) is 0 Å². The van der Waals surface area contributed by atoms with Crippen LogP contribution in [0.4, 0.5) is 0 Å². The molecule has 1 nitrogen and oxygen atoms in total. The Hall–Kier alpha value is -0.590. The van der Waals surface area contributed by atoms with Gasteiger partial charge in [-0.25, -0.2) is 0 Å². The average Bonchev–Trinajstić information content (AvgIpc) is 2.56. The van der Waals surface area contributed by atoms with E-state index in [4.69, 9.17) is 0 Å². The Morgan fingerprint density at radius 2 is 1.69 bits per heavy atom. The van der Waals surface area contributed by atoms with E-state index in [2.05, 4.69) is 0 Å². The fraction of sp³-hybridized carbons (Fsp3) is 0.750. The topological polar surface area (TPSA) is 17.1 Å². The normalized spacial score (nSPS) is 25.8. The monoisotopic (exact) mass is 178 g/mol. The van der Waals surface area contributed by atoms with Crippen LogP contribution in [-0.4, -0.2) is 5.78 Å².